The molecule has 5 heteroatoms. The number of benzene rings is 1. The summed E-state index contributed by atoms with van der Waals surface area (Å²) in [5.74, 6) is 0.987. The molecule has 0 aromatic heterocycles. The molecule has 0 saturated carbocycles. The number of terminal acetylenes is 1. The van der Waals surface area contributed by atoms with Gasteiger partial charge in [0.25, 0.3) is 0 Å². The SMILES string of the molecule is C#CCC(NC(=O)OCc1ccccc1)C(=O)O. The fourth-order valence-corrected chi connectivity index (χ4v) is 1.22. The lowest BCUT2D eigenvalue weighted by Gasteiger charge is -2.12. The van der Waals surface area contributed by atoms with Crippen molar-refractivity contribution in [3.63, 3.8) is 0 Å². The Balaban J connectivity index is 2.42. The Kier molecular flexibility index (Phi) is 5.26. The molecule has 0 saturated heterocycles. The smallest absolute Gasteiger partial charge is 0.408 e. The van der Waals surface area contributed by atoms with Gasteiger partial charge in [0.2, 0.25) is 0 Å². The van der Waals surface area contributed by atoms with Gasteiger partial charge in [-0.25, -0.2) is 9.59 Å². The molecule has 0 heterocycles. The maximum Gasteiger partial charge on any atom is 0.408 e. The average Bonchev–Trinajstić information content (AvgIpc) is 2.37. The van der Waals surface area contributed by atoms with Crippen LogP contribution in [-0.4, -0.2) is 23.2 Å². The molecule has 2 N–H and O–H groups in total. The van der Waals surface area contributed by atoms with Gasteiger partial charge in [0.1, 0.15) is 12.6 Å². The fraction of sp³-hybridized carbons (Fsp3) is 0.231. The summed E-state index contributed by atoms with van der Waals surface area (Å²) in [5.41, 5.74) is 0.816. The van der Waals surface area contributed by atoms with Crippen molar-refractivity contribution in [3.8, 4) is 12.3 Å². The second-order valence-corrected chi connectivity index (χ2v) is 3.51. The lowest BCUT2D eigenvalue weighted by molar-refractivity contribution is -0.139. The lowest BCUT2D eigenvalue weighted by atomic mass is 10.2. The van der Waals surface area contributed by atoms with Crippen LogP contribution in [0.25, 0.3) is 0 Å². The zero-order valence-electron chi connectivity index (χ0n) is 9.63. The number of alkyl carbamates (subject to hydrolysis) is 1. The monoisotopic (exact) mass is 247 g/mol. The number of rotatable bonds is 5. The third-order valence-electron chi connectivity index (χ3n) is 2.12. The fourth-order valence-electron chi connectivity index (χ4n) is 1.22. The van der Waals surface area contributed by atoms with Crippen molar-refractivity contribution < 1.29 is 19.4 Å². The van der Waals surface area contributed by atoms with Crippen LogP contribution < -0.4 is 5.32 Å². The number of aliphatic carboxylic acids is 1. The molecule has 94 valence electrons. The Labute approximate surface area is 105 Å². The van der Waals surface area contributed by atoms with E-state index >= 15 is 0 Å². The summed E-state index contributed by atoms with van der Waals surface area (Å²) in [4.78, 5) is 22.1. The first-order valence-electron chi connectivity index (χ1n) is 5.27. The molecule has 1 unspecified atom stereocenters. The highest BCUT2D eigenvalue weighted by Crippen LogP contribution is 2.01. The van der Waals surface area contributed by atoms with Crippen LogP contribution in [0.4, 0.5) is 4.79 Å². The van der Waals surface area contributed by atoms with E-state index in [9.17, 15) is 9.59 Å². The molecule has 0 bridgehead atoms. The summed E-state index contributed by atoms with van der Waals surface area (Å²) < 4.78 is 4.87. The van der Waals surface area contributed by atoms with E-state index in [0.717, 1.165) is 5.56 Å². The number of hydrogen-bond donors (Lipinski definition) is 2. The molecule has 1 aromatic rings. The first-order valence-corrected chi connectivity index (χ1v) is 5.27. The topological polar surface area (TPSA) is 75.6 Å². The predicted octanol–water partition coefficient (Wildman–Crippen LogP) is 1.39. The number of nitrogens with one attached hydrogen (secondary N) is 1. The van der Waals surface area contributed by atoms with Crippen molar-refractivity contribution in [2.45, 2.75) is 19.1 Å². The Hall–Kier alpha value is -2.48. The minimum absolute atomic E-state index is 0.0784. The summed E-state index contributed by atoms with van der Waals surface area (Å²) in [6.45, 7) is 0.0784. The minimum Gasteiger partial charge on any atom is -0.480 e. The van der Waals surface area contributed by atoms with Crippen molar-refractivity contribution >= 4 is 12.1 Å². The van der Waals surface area contributed by atoms with Crippen molar-refractivity contribution in [1.29, 1.82) is 0 Å². The van der Waals surface area contributed by atoms with Crippen molar-refractivity contribution in [1.82, 2.24) is 5.32 Å². The van der Waals surface area contributed by atoms with E-state index in [1.807, 2.05) is 18.2 Å². The number of carboxylic acid groups (broad SMARTS) is 1. The largest absolute Gasteiger partial charge is 0.480 e. The molecular weight excluding hydrogens is 234 g/mol. The van der Waals surface area contributed by atoms with Gasteiger partial charge in [-0.3, -0.25) is 0 Å². The van der Waals surface area contributed by atoms with Crippen molar-refractivity contribution in [2.75, 3.05) is 0 Å². The number of carbonyl (C=O) groups excluding carboxylic acids is 1. The molecule has 0 aliphatic heterocycles. The average molecular weight is 247 g/mol. The van der Waals surface area contributed by atoms with Crippen molar-refractivity contribution in [3.05, 3.63) is 35.9 Å². The molecule has 0 spiro atoms. The minimum atomic E-state index is -1.19. The molecule has 1 amide bonds. The molecule has 0 aliphatic rings. The van der Waals surface area contributed by atoms with E-state index in [-0.39, 0.29) is 13.0 Å². The number of ether oxygens (including phenoxy) is 1. The number of carboxylic acids is 1. The molecule has 0 radical (unpaired) electrons. The van der Waals surface area contributed by atoms with E-state index in [1.54, 1.807) is 12.1 Å². The van der Waals surface area contributed by atoms with Crippen LogP contribution in [0.5, 0.6) is 0 Å². The quantitative estimate of drug-likeness (QED) is 0.771. The predicted molar refractivity (Wildman–Crippen MR) is 64.6 cm³/mol. The third kappa shape index (κ3) is 4.58. The molecule has 0 aliphatic carbocycles. The Morgan fingerprint density at radius 1 is 1.39 bits per heavy atom. The Bertz CT molecular complexity index is 450. The summed E-state index contributed by atoms with van der Waals surface area (Å²) in [5, 5.41) is 11.0. The van der Waals surface area contributed by atoms with E-state index in [0.29, 0.717) is 0 Å². The van der Waals surface area contributed by atoms with Gasteiger partial charge in [0, 0.05) is 6.42 Å². The highest BCUT2D eigenvalue weighted by Gasteiger charge is 2.19. The third-order valence-corrected chi connectivity index (χ3v) is 2.12. The highest BCUT2D eigenvalue weighted by atomic mass is 16.5. The summed E-state index contributed by atoms with van der Waals surface area (Å²) >= 11 is 0. The molecular formula is C13H13NO4. The zero-order chi connectivity index (χ0) is 13.4. The summed E-state index contributed by atoms with van der Waals surface area (Å²) in [6.07, 6.45) is 4.11. The van der Waals surface area contributed by atoms with Gasteiger partial charge in [0.15, 0.2) is 0 Å². The molecule has 18 heavy (non-hydrogen) atoms. The first kappa shape index (κ1) is 13.6. The number of amides is 1. The number of hydrogen-bond acceptors (Lipinski definition) is 3. The molecule has 1 atom stereocenters. The maximum atomic E-state index is 11.3. The second-order valence-electron chi connectivity index (χ2n) is 3.51. The molecule has 0 fully saturated rings. The Morgan fingerprint density at radius 2 is 2.06 bits per heavy atom. The van der Waals surface area contributed by atoms with Gasteiger partial charge >= 0.3 is 12.1 Å². The summed E-state index contributed by atoms with van der Waals surface area (Å²) in [6, 6.07) is 7.94. The van der Waals surface area contributed by atoms with E-state index < -0.39 is 18.1 Å². The van der Waals surface area contributed by atoms with Gasteiger partial charge < -0.3 is 15.2 Å². The molecule has 1 aromatic carbocycles. The van der Waals surface area contributed by atoms with Gasteiger partial charge in [0.05, 0.1) is 0 Å². The highest BCUT2D eigenvalue weighted by molar-refractivity contribution is 5.80. The van der Waals surface area contributed by atoms with E-state index in [2.05, 4.69) is 11.2 Å². The van der Waals surface area contributed by atoms with Crippen molar-refractivity contribution in [2.24, 2.45) is 0 Å². The van der Waals surface area contributed by atoms with Crippen LogP contribution >= 0.6 is 0 Å². The second kappa shape index (κ2) is 6.97. The van der Waals surface area contributed by atoms with E-state index in [1.165, 1.54) is 0 Å². The lowest BCUT2D eigenvalue weighted by Crippen LogP contribution is -2.40. The van der Waals surface area contributed by atoms with E-state index in [4.69, 9.17) is 16.3 Å². The van der Waals surface area contributed by atoms with Crippen LogP contribution in [0.1, 0.15) is 12.0 Å². The normalized spacial score (nSPS) is 11.1. The van der Waals surface area contributed by atoms with Gasteiger partial charge in [-0.05, 0) is 5.56 Å². The van der Waals surface area contributed by atoms with Crippen LogP contribution in [0.3, 0.4) is 0 Å². The molecule has 1 rings (SSSR count). The van der Waals surface area contributed by atoms with Gasteiger partial charge in [-0.2, -0.15) is 0 Å². The van der Waals surface area contributed by atoms with Crippen LogP contribution in [0.2, 0.25) is 0 Å². The Morgan fingerprint density at radius 3 is 2.61 bits per heavy atom. The standard InChI is InChI=1S/C13H13NO4/c1-2-6-11(12(15)16)14-13(17)18-9-10-7-4-3-5-8-10/h1,3-5,7-8,11H,6,9H2,(H,14,17)(H,15,16). The first-order chi connectivity index (χ1) is 8.63. The zero-order valence-corrected chi connectivity index (χ0v) is 9.63. The van der Waals surface area contributed by atoms with Gasteiger partial charge in [-0.1, -0.05) is 30.3 Å². The molecule has 5 nitrogen and oxygen atoms in total. The van der Waals surface area contributed by atoms with Crippen LogP contribution in [0.15, 0.2) is 30.3 Å². The van der Waals surface area contributed by atoms with Crippen LogP contribution in [0, 0.1) is 12.3 Å². The maximum absolute atomic E-state index is 11.3. The van der Waals surface area contributed by atoms with Crippen LogP contribution in [-0.2, 0) is 16.1 Å². The number of carbonyl (C=O) groups is 2. The van der Waals surface area contributed by atoms with Gasteiger partial charge in [-0.15, -0.1) is 12.3 Å². The summed E-state index contributed by atoms with van der Waals surface area (Å²) in [7, 11) is 0.